The fourth-order valence-electron chi connectivity index (χ4n) is 4.81. The quantitative estimate of drug-likeness (QED) is 0.248. The molecule has 0 spiro atoms. The predicted molar refractivity (Wildman–Crippen MR) is 99.9 cm³/mol. The molecule has 5 N–H and O–H groups in total. The second-order valence-electron chi connectivity index (χ2n) is 7.49. The molecule has 0 aliphatic carbocycles. The second-order valence-corrected chi connectivity index (χ2v) is 15.4. The van der Waals surface area contributed by atoms with Crippen molar-refractivity contribution in [3.05, 3.63) is 25.0 Å². The summed E-state index contributed by atoms with van der Waals surface area (Å²) >= 11 is 0. The van der Waals surface area contributed by atoms with Gasteiger partial charge in [0, 0.05) is 29.4 Å². The van der Waals surface area contributed by atoms with Crippen LogP contribution >= 0.6 is 20.1 Å². The summed E-state index contributed by atoms with van der Waals surface area (Å²) < 4.78 is 4.97. The van der Waals surface area contributed by atoms with Crippen molar-refractivity contribution in [2.45, 2.75) is 27.2 Å². The Labute approximate surface area is 145 Å². The Morgan fingerprint density at radius 1 is 1.33 bits per heavy atom. The van der Waals surface area contributed by atoms with Crippen molar-refractivity contribution in [3.63, 3.8) is 0 Å². The molecule has 0 saturated carbocycles. The number of hydrogen-bond acceptors (Lipinski definition) is 5. The Hall–Kier alpha value is -0.960. The molecule has 4 fully saturated rings. The Morgan fingerprint density at radius 2 is 1.96 bits per heavy atom. The maximum Gasteiger partial charge on any atom is 0.319 e. The molecule has 24 heavy (non-hydrogen) atoms. The van der Waals surface area contributed by atoms with Crippen molar-refractivity contribution in [1.82, 2.24) is 5.32 Å². The zero-order chi connectivity index (χ0) is 17.6. The normalized spacial score (nSPS) is 53.8. The SMILES string of the molecule is C=COC(=O)CS12CC1(N)C2(CCNC(=O)C(=C)C)S12CC1(N)C2. The van der Waals surface area contributed by atoms with Gasteiger partial charge in [0.05, 0.1) is 25.8 Å². The number of nitrogens with two attached hydrogens (primary N) is 2. The van der Waals surface area contributed by atoms with Crippen LogP contribution in [0.4, 0.5) is 0 Å². The molecule has 0 aromatic rings. The molecule has 0 radical (unpaired) electrons. The summed E-state index contributed by atoms with van der Waals surface area (Å²) in [7, 11) is -2.09. The summed E-state index contributed by atoms with van der Waals surface area (Å²) in [5.74, 6) is 3.15. The summed E-state index contributed by atoms with van der Waals surface area (Å²) in [5.41, 5.74) is 13.7. The molecule has 0 bridgehead atoms. The summed E-state index contributed by atoms with van der Waals surface area (Å²) in [5, 5.41) is 2.92. The Morgan fingerprint density at radius 3 is 2.42 bits per heavy atom. The molecule has 4 aliphatic heterocycles. The van der Waals surface area contributed by atoms with Crippen LogP contribution in [0.3, 0.4) is 0 Å². The highest BCUT2D eigenvalue weighted by Gasteiger charge is 3.06. The van der Waals surface area contributed by atoms with Crippen LogP contribution in [0.2, 0.25) is 0 Å². The molecule has 4 aliphatic rings. The number of amides is 1. The van der Waals surface area contributed by atoms with Crippen molar-refractivity contribution in [3.8, 4) is 0 Å². The standard InChI is InChI=1S/C16H25N3O3S2/c1-4-22-12(20)7-23-10-15(23,18)16(23,24-8-14(24,17)9-24)5-6-19-13(21)11(2)3/h4H,1-2,5-10,17-18H2,3H3,(H,19,21). The highest BCUT2D eigenvalue weighted by Crippen LogP contribution is 3.18. The van der Waals surface area contributed by atoms with Crippen LogP contribution in [-0.4, -0.2) is 55.3 Å². The van der Waals surface area contributed by atoms with E-state index in [0.29, 0.717) is 17.9 Å². The average molecular weight is 372 g/mol. The number of esters is 1. The summed E-state index contributed by atoms with van der Waals surface area (Å²) in [6.45, 7) is 9.37. The van der Waals surface area contributed by atoms with E-state index in [9.17, 15) is 9.59 Å². The maximum absolute atomic E-state index is 12.0. The van der Waals surface area contributed by atoms with Crippen LogP contribution in [0.25, 0.3) is 0 Å². The first kappa shape index (κ1) is 16.5. The lowest BCUT2D eigenvalue weighted by Gasteiger charge is -2.35. The minimum absolute atomic E-state index is 0.00743. The van der Waals surface area contributed by atoms with E-state index in [1.54, 1.807) is 6.92 Å². The minimum Gasteiger partial charge on any atom is -0.435 e. The van der Waals surface area contributed by atoms with Crippen LogP contribution in [0.5, 0.6) is 0 Å². The monoisotopic (exact) mass is 371 g/mol. The number of carbonyl (C=O) groups excluding carboxylic acids is 2. The lowest BCUT2D eigenvalue weighted by molar-refractivity contribution is -0.134. The van der Waals surface area contributed by atoms with Gasteiger partial charge in [0.1, 0.15) is 0 Å². The van der Waals surface area contributed by atoms with Gasteiger partial charge in [-0.05, 0) is 13.3 Å². The van der Waals surface area contributed by atoms with Crippen LogP contribution in [0.1, 0.15) is 13.3 Å². The molecule has 3 atom stereocenters. The number of hydrogen-bond donors (Lipinski definition) is 3. The van der Waals surface area contributed by atoms with E-state index >= 15 is 0 Å². The fourth-order valence-corrected chi connectivity index (χ4v) is 19.3. The first-order valence-electron chi connectivity index (χ1n) is 8.03. The largest absolute Gasteiger partial charge is 0.435 e. The second kappa shape index (κ2) is 4.41. The van der Waals surface area contributed by atoms with Gasteiger partial charge in [-0.25, -0.2) is 10.0 Å². The lowest BCUT2D eigenvalue weighted by Crippen LogP contribution is -2.40. The molecule has 6 nitrogen and oxygen atoms in total. The maximum atomic E-state index is 12.0. The van der Waals surface area contributed by atoms with Gasteiger partial charge in [-0.15, -0.1) is 0 Å². The molecule has 4 rings (SSSR count). The number of nitrogens with one attached hydrogen (secondary N) is 1. The molecular formula is C16H25N3O3S2. The zero-order valence-electron chi connectivity index (χ0n) is 13.9. The highest BCUT2D eigenvalue weighted by atomic mass is 32.3. The minimum atomic E-state index is -1.20. The number of carbonyl (C=O) groups is 2. The summed E-state index contributed by atoms with van der Waals surface area (Å²) in [6.07, 6.45) is 2.01. The Balaban J connectivity index is 1.51. The van der Waals surface area contributed by atoms with Gasteiger partial charge in [0.25, 0.3) is 0 Å². The van der Waals surface area contributed by atoms with Crippen LogP contribution in [0, 0.1) is 0 Å². The van der Waals surface area contributed by atoms with Crippen LogP contribution in [-0.2, 0) is 14.3 Å². The molecule has 3 unspecified atom stereocenters. The first-order valence-corrected chi connectivity index (χ1v) is 12.0. The van der Waals surface area contributed by atoms with Gasteiger partial charge in [0.15, 0.2) is 0 Å². The van der Waals surface area contributed by atoms with E-state index in [1.807, 2.05) is 0 Å². The van der Waals surface area contributed by atoms with Crippen molar-refractivity contribution in [2.24, 2.45) is 11.5 Å². The van der Waals surface area contributed by atoms with E-state index < -0.39 is 20.1 Å². The van der Waals surface area contributed by atoms with Crippen molar-refractivity contribution in [1.29, 1.82) is 0 Å². The molecule has 8 heteroatoms. The van der Waals surface area contributed by atoms with E-state index in [-0.39, 0.29) is 25.7 Å². The molecule has 4 heterocycles. The van der Waals surface area contributed by atoms with E-state index in [4.69, 9.17) is 16.2 Å². The first-order chi connectivity index (χ1) is 11.2. The highest BCUT2D eigenvalue weighted by molar-refractivity contribution is 8.66. The molecule has 1 amide bonds. The molecule has 134 valence electrons. The van der Waals surface area contributed by atoms with Crippen molar-refractivity contribution >= 4 is 31.9 Å². The summed E-state index contributed by atoms with van der Waals surface area (Å²) in [4.78, 5) is 23.6. The lowest BCUT2D eigenvalue weighted by atomic mass is 10.2. The Kier molecular flexibility index (Phi) is 3.03. The Bertz CT molecular complexity index is 705. The van der Waals surface area contributed by atoms with Crippen molar-refractivity contribution in [2.75, 3.05) is 29.6 Å². The number of rotatable bonds is 8. The van der Waals surface area contributed by atoms with Gasteiger partial charge in [-0.1, -0.05) is 13.2 Å². The fraction of sp³-hybridized carbons (Fsp3) is 0.625. The van der Waals surface area contributed by atoms with E-state index in [1.165, 1.54) is 6.26 Å². The third kappa shape index (κ3) is 1.58. The average Bonchev–Trinajstić information content (AvgIpc) is 3.39. The third-order valence-electron chi connectivity index (χ3n) is 6.22. The van der Waals surface area contributed by atoms with Crippen LogP contribution < -0.4 is 16.8 Å². The molecule has 4 saturated heterocycles. The van der Waals surface area contributed by atoms with E-state index in [2.05, 4.69) is 18.5 Å². The van der Waals surface area contributed by atoms with Gasteiger partial charge in [-0.3, -0.25) is 9.59 Å². The predicted octanol–water partition coefficient (Wildman–Crippen LogP) is 0.425. The molecular weight excluding hydrogens is 346 g/mol. The molecule has 0 aromatic heterocycles. The van der Waals surface area contributed by atoms with Gasteiger partial charge in [0.2, 0.25) is 5.91 Å². The number of ether oxygens (including phenoxy) is 1. The van der Waals surface area contributed by atoms with Crippen molar-refractivity contribution < 1.29 is 14.3 Å². The molecule has 0 aromatic carbocycles. The van der Waals surface area contributed by atoms with Gasteiger partial charge >= 0.3 is 5.97 Å². The topological polar surface area (TPSA) is 107 Å². The smallest absolute Gasteiger partial charge is 0.319 e. The third-order valence-corrected chi connectivity index (χ3v) is 18.1. The van der Waals surface area contributed by atoms with Gasteiger partial charge < -0.3 is 21.5 Å². The number of fused-ring (bicyclic) bond motifs is 2. The van der Waals surface area contributed by atoms with E-state index in [0.717, 1.165) is 23.7 Å². The van der Waals surface area contributed by atoms with Crippen LogP contribution in [0.15, 0.2) is 25.0 Å². The van der Waals surface area contributed by atoms with Gasteiger partial charge in [-0.2, -0.15) is 10.0 Å². The zero-order valence-corrected chi connectivity index (χ0v) is 15.6. The summed E-state index contributed by atoms with van der Waals surface area (Å²) in [6, 6.07) is 0.